The van der Waals surface area contributed by atoms with Crippen LogP contribution < -0.4 is 5.32 Å². The van der Waals surface area contributed by atoms with Crippen molar-refractivity contribution in [1.29, 1.82) is 0 Å². The van der Waals surface area contributed by atoms with Crippen molar-refractivity contribution >= 4 is 27.5 Å². The molecule has 21 heavy (non-hydrogen) atoms. The molecule has 0 bridgehead atoms. The van der Waals surface area contributed by atoms with Gasteiger partial charge in [-0.05, 0) is 24.6 Å². The molecule has 0 fully saturated rings. The summed E-state index contributed by atoms with van der Waals surface area (Å²) < 4.78 is 1.04. The van der Waals surface area contributed by atoms with Crippen molar-refractivity contribution in [3.63, 3.8) is 0 Å². The summed E-state index contributed by atoms with van der Waals surface area (Å²) >= 11 is 1.61. The molecule has 1 amide bonds. The Morgan fingerprint density at radius 1 is 1.19 bits per heavy atom. The predicted octanol–water partition coefficient (Wildman–Crippen LogP) is 4.10. The van der Waals surface area contributed by atoms with E-state index in [9.17, 15) is 4.79 Å². The van der Waals surface area contributed by atoms with Gasteiger partial charge in [0.1, 0.15) is 5.01 Å². The van der Waals surface area contributed by atoms with Crippen LogP contribution in [0.2, 0.25) is 0 Å². The first-order chi connectivity index (χ1) is 10.3. The van der Waals surface area contributed by atoms with Gasteiger partial charge in [0.2, 0.25) is 0 Å². The number of nitrogens with zero attached hydrogens (tertiary/aromatic N) is 1. The van der Waals surface area contributed by atoms with Crippen molar-refractivity contribution in [3.8, 4) is 10.6 Å². The summed E-state index contributed by atoms with van der Waals surface area (Å²) in [6.07, 6.45) is 0.937. The van der Waals surface area contributed by atoms with Crippen LogP contribution in [0.25, 0.3) is 20.8 Å². The van der Waals surface area contributed by atoms with E-state index in [-0.39, 0.29) is 5.91 Å². The molecule has 2 aromatic carbocycles. The maximum atomic E-state index is 12.0. The number of hydrogen-bond donors (Lipinski definition) is 1. The van der Waals surface area contributed by atoms with Crippen molar-refractivity contribution in [3.05, 3.63) is 54.1 Å². The third-order valence-electron chi connectivity index (χ3n) is 3.21. The Labute approximate surface area is 127 Å². The van der Waals surface area contributed by atoms with E-state index in [1.165, 1.54) is 0 Å². The number of rotatable bonds is 4. The lowest BCUT2D eigenvalue weighted by Crippen LogP contribution is -2.23. The molecule has 1 N–H and O–H groups in total. The monoisotopic (exact) mass is 296 g/mol. The van der Waals surface area contributed by atoms with Crippen LogP contribution in [0.5, 0.6) is 0 Å². The topological polar surface area (TPSA) is 42.0 Å². The van der Waals surface area contributed by atoms with Gasteiger partial charge >= 0.3 is 0 Å². The fraction of sp³-hybridized carbons (Fsp3) is 0.176. The minimum atomic E-state index is -0.0200. The Bertz CT molecular complexity index is 765. The summed E-state index contributed by atoms with van der Waals surface area (Å²) in [5.41, 5.74) is 2.74. The van der Waals surface area contributed by atoms with Crippen LogP contribution in [0.15, 0.2) is 48.5 Å². The molecule has 106 valence electrons. The Morgan fingerprint density at radius 3 is 2.76 bits per heavy atom. The van der Waals surface area contributed by atoms with Crippen LogP contribution in [0.4, 0.5) is 0 Å². The number of fused-ring (bicyclic) bond motifs is 1. The van der Waals surface area contributed by atoms with Gasteiger partial charge in [-0.15, -0.1) is 11.3 Å². The van der Waals surface area contributed by atoms with Gasteiger partial charge in [-0.1, -0.05) is 37.3 Å². The van der Waals surface area contributed by atoms with Crippen LogP contribution in [0, 0.1) is 0 Å². The van der Waals surface area contributed by atoms with E-state index >= 15 is 0 Å². The van der Waals surface area contributed by atoms with E-state index < -0.39 is 0 Å². The molecular formula is C17H16N2OS. The molecule has 4 heteroatoms. The van der Waals surface area contributed by atoms with Crippen LogP contribution in [-0.4, -0.2) is 17.4 Å². The van der Waals surface area contributed by atoms with Crippen molar-refractivity contribution in [2.75, 3.05) is 6.54 Å². The zero-order valence-corrected chi connectivity index (χ0v) is 12.6. The molecule has 0 saturated heterocycles. The second-order valence-corrected chi connectivity index (χ2v) is 5.85. The summed E-state index contributed by atoms with van der Waals surface area (Å²) in [6.45, 7) is 2.74. The molecule has 0 aliphatic carbocycles. The first kappa shape index (κ1) is 13.8. The smallest absolute Gasteiger partial charge is 0.251 e. The summed E-state index contributed by atoms with van der Waals surface area (Å²) in [6, 6.07) is 15.8. The van der Waals surface area contributed by atoms with Crippen molar-refractivity contribution in [1.82, 2.24) is 10.3 Å². The van der Waals surface area contributed by atoms with E-state index in [0.717, 1.165) is 27.2 Å². The molecule has 3 aromatic rings. The first-order valence-electron chi connectivity index (χ1n) is 7.02. The molecule has 0 saturated carbocycles. The number of benzene rings is 2. The number of amides is 1. The highest BCUT2D eigenvalue weighted by molar-refractivity contribution is 7.21. The predicted molar refractivity (Wildman–Crippen MR) is 87.7 cm³/mol. The summed E-state index contributed by atoms with van der Waals surface area (Å²) in [5.74, 6) is -0.0200. The van der Waals surface area contributed by atoms with Gasteiger partial charge in [-0.3, -0.25) is 4.79 Å². The average molecular weight is 296 g/mol. The second kappa shape index (κ2) is 6.06. The van der Waals surface area contributed by atoms with Crippen LogP contribution in [-0.2, 0) is 0 Å². The molecular weight excluding hydrogens is 280 g/mol. The van der Waals surface area contributed by atoms with Crippen LogP contribution >= 0.6 is 11.3 Å². The van der Waals surface area contributed by atoms with E-state index in [4.69, 9.17) is 0 Å². The molecule has 3 rings (SSSR count). The van der Waals surface area contributed by atoms with Crippen molar-refractivity contribution in [2.24, 2.45) is 0 Å². The van der Waals surface area contributed by atoms with Gasteiger partial charge in [0.05, 0.1) is 10.2 Å². The molecule has 0 unspecified atom stereocenters. The zero-order chi connectivity index (χ0) is 14.7. The number of nitrogens with one attached hydrogen (secondary N) is 1. The highest BCUT2D eigenvalue weighted by Gasteiger charge is 2.10. The molecule has 0 spiro atoms. The van der Waals surface area contributed by atoms with Gasteiger partial charge in [0.15, 0.2) is 0 Å². The Hall–Kier alpha value is -2.20. The normalized spacial score (nSPS) is 10.7. The lowest BCUT2D eigenvalue weighted by Gasteiger charge is -2.02. The minimum absolute atomic E-state index is 0.0200. The van der Waals surface area contributed by atoms with Gasteiger partial charge in [-0.2, -0.15) is 0 Å². The highest BCUT2D eigenvalue weighted by Crippen LogP contribution is 2.30. The van der Waals surface area contributed by atoms with Gasteiger partial charge < -0.3 is 5.32 Å². The molecule has 0 atom stereocenters. The summed E-state index contributed by atoms with van der Waals surface area (Å²) in [5, 5.41) is 3.88. The number of aromatic nitrogens is 1. The molecule has 0 aliphatic heterocycles. The minimum Gasteiger partial charge on any atom is -0.352 e. The summed E-state index contributed by atoms with van der Waals surface area (Å²) in [4.78, 5) is 16.6. The maximum absolute atomic E-state index is 12.0. The fourth-order valence-corrected chi connectivity index (χ4v) is 3.12. The number of hydrogen-bond acceptors (Lipinski definition) is 3. The third-order valence-corrected chi connectivity index (χ3v) is 4.27. The average Bonchev–Trinajstić information content (AvgIpc) is 2.96. The van der Waals surface area contributed by atoms with E-state index in [2.05, 4.69) is 10.3 Å². The van der Waals surface area contributed by atoms with Crippen LogP contribution in [0.1, 0.15) is 23.7 Å². The van der Waals surface area contributed by atoms with Crippen molar-refractivity contribution < 1.29 is 4.79 Å². The third kappa shape index (κ3) is 2.95. The fourth-order valence-electron chi connectivity index (χ4n) is 2.11. The maximum Gasteiger partial charge on any atom is 0.251 e. The molecule has 1 aromatic heterocycles. The molecule has 1 heterocycles. The van der Waals surface area contributed by atoms with Gasteiger partial charge in [0, 0.05) is 17.7 Å². The van der Waals surface area contributed by atoms with E-state index in [1.54, 1.807) is 11.3 Å². The Kier molecular flexibility index (Phi) is 3.97. The SMILES string of the molecule is CCCNC(=O)c1ccc2nc(-c3ccccc3)sc2c1. The lowest BCUT2D eigenvalue weighted by molar-refractivity contribution is 0.0954. The van der Waals surface area contributed by atoms with Crippen molar-refractivity contribution in [2.45, 2.75) is 13.3 Å². The number of thiazole rings is 1. The molecule has 0 radical (unpaired) electrons. The van der Waals surface area contributed by atoms with E-state index in [0.29, 0.717) is 12.1 Å². The lowest BCUT2D eigenvalue weighted by atomic mass is 10.2. The first-order valence-corrected chi connectivity index (χ1v) is 7.84. The highest BCUT2D eigenvalue weighted by atomic mass is 32.1. The quantitative estimate of drug-likeness (QED) is 0.787. The van der Waals surface area contributed by atoms with Gasteiger partial charge in [0.25, 0.3) is 5.91 Å². The number of carbonyl (C=O) groups excluding carboxylic acids is 1. The van der Waals surface area contributed by atoms with Gasteiger partial charge in [-0.25, -0.2) is 4.98 Å². The molecule has 0 aliphatic rings. The standard InChI is InChI=1S/C17H16N2OS/c1-2-10-18-16(20)13-8-9-14-15(11-13)21-17(19-14)12-6-4-3-5-7-12/h3-9,11H,2,10H2,1H3,(H,18,20). The Balaban J connectivity index is 1.94. The number of carbonyl (C=O) groups is 1. The zero-order valence-electron chi connectivity index (χ0n) is 11.8. The summed E-state index contributed by atoms with van der Waals surface area (Å²) in [7, 11) is 0. The Morgan fingerprint density at radius 2 is 2.00 bits per heavy atom. The molecule has 3 nitrogen and oxygen atoms in total. The van der Waals surface area contributed by atoms with Crippen LogP contribution in [0.3, 0.4) is 0 Å². The van der Waals surface area contributed by atoms with E-state index in [1.807, 2.05) is 55.5 Å². The second-order valence-electron chi connectivity index (χ2n) is 4.82. The largest absolute Gasteiger partial charge is 0.352 e.